The molecule has 0 aliphatic carbocycles. The molecule has 2 aromatic rings. The summed E-state index contributed by atoms with van der Waals surface area (Å²) in [5, 5.41) is 14.2. The van der Waals surface area contributed by atoms with Crippen LogP contribution in [0.5, 0.6) is 5.75 Å². The second-order valence-corrected chi connectivity index (χ2v) is 5.86. The minimum Gasteiger partial charge on any atom is -0.460 e. The Labute approximate surface area is 154 Å². The molecule has 8 heteroatoms. The molecule has 0 unspecified atom stereocenters. The summed E-state index contributed by atoms with van der Waals surface area (Å²) in [4.78, 5) is 23.2. The van der Waals surface area contributed by atoms with Gasteiger partial charge in [0.1, 0.15) is 5.75 Å². The second kappa shape index (κ2) is 7.55. The highest BCUT2D eigenvalue weighted by molar-refractivity contribution is 6.31. The molecule has 0 aromatic heterocycles. The fraction of sp³-hybridized carbons (Fsp3) is 0.167. The van der Waals surface area contributed by atoms with Gasteiger partial charge in [0.25, 0.3) is 5.69 Å². The van der Waals surface area contributed by atoms with Crippen molar-refractivity contribution in [1.82, 2.24) is 0 Å². The van der Waals surface area contributed by atoms with E-state index in [1.807, 2.05) is 0 Å². The Bertz CT molecular complexity index is 897. The van der Waals surface area contributed by atoms with Gasteiger partial charge in [-0.3, -0.25) is 14.9 Å². The highest BCUT2D eigenvalue weighted by Gasteiger charge is 2.32. The molecular formula is C18H15ClN2O5. The zero-order chi connectivity index (χ0) is 18.7. The van der Waals surface area contributed by atoms with Crippen molar-refractivity contribution in [3.8, 4) is 5.75 Å². The lowest BCUT2D eigenvalue weighted by Crippen LogP contribution is -2.33. The third-order valence-corrected chi connectivity index (χ3v) is 3.94. The fourth-order valence-electron chi connectivity index (χ4n) is 2.50. The number of hydrogen-bond acceptors (Lipinski definition) is 6. The van der Waals surface area contributed by atoms with Gasteiger partial charge in [0.05, 0.1) is 16.1 Å². The molecule has 0 spiro atoms. The number of non-ortho nitro benzene ring substituents is 1. The maximum absolute atomic E-state index is 12.8. The van der Waals surface area contributed by atoms with Crippen LogP contribution in [0.15, 0.2) is 54.2 Å². The van der Waals surface area contributed by atoms with Crippen LogP contribution in [0, 0.1) is 10.1 Å². The van der Waals surface area contributed by atoms with Gasteiger partial charge in [0, 0.05) is 35.6 Å². The lowest BCUT2D eigenvalue weighted by molar-refractivity contribution is -0.384. The Hall–Kier alpha value is -2.90. The average molecular weight is 375 g/mol. The van der Waals surface area contributed by atoms with Crippen molar-refractivity contribution in [2.24, 2.45) is 0 Å². The van der Waals surface area contributed by atoms with Crippen molar-refractivity contribution < 1.29 is 19.2 Å². The van der Waals surface area contributed by atoms with Crippen molar-refractivity contribution in [2.45, 2.75) is 13.2 Å². The van der Waals surface area contributed by atoms with Crippen LogP contribution >= 0.6 is 11.6 Å². The molecule has 0 amide bonds. The molecule has 0 saturated carbocycles. The molecule has 134 valence electrons. The van der Waals surface area contributed by atoms with Gasteiger partial charge >= 0.3 is 0 Å². The average Bonchev–Trinajstić information content (AvgIpc) is 2.62. The first-order chi connectivity index (χ1) is 12.5. The Morgan fingerprint density at radius 1 is 1.35 bits per heavy atom. The van der Waals surface area contributed by atoms with Gasteiger partial charge in [-0.15, -0.1) is 0 Å². The van der Waals surface area contributed by atoms with E-state index in [4.69, 9.17) is 21.1 Å². The number of fused-ring (bicyclic) bond motifs is 1. The number of anilines is 1. The highest BCUT2D eigenvalue weighted by Crippen LogP contribution is 2.33. The third kappa shape index (κ3) is 3.68. The summed E-state index contributed by atoms with van der Waals surface area (Å²) in [6.07, 6.45) is 0.554. The second-order valence-electron chi connectivity index (χ2n) is 5.43. The van der Waals surface area contributed by atoms with Crippen molar-refractivity contribution in [3.63, 3.8) is 0 Å². The van der Waals surface area contributed by atoms with E-state index in [-0.39, 0.29) is 17.0 Å². The lowest BCUT2D eigenvalue weighted by Gasteiger charge is -2.27. The van der Waals surface area contributed by atoms with E-state index in [0.717, 1.165) is 0 Å². The molecule has 0 fully saturated rings. The molecule has 1 atom stereocenters. The van der Waals surface area contributed by atoms with E-state index in [0.29, 0.717) is 28.6 Å². The van der Waals surface area contributed by atoms with E-state index in [2.05, 4.69) is 5.32 Å². The van der Waals surface area contributed by atoms with E-state index in [1.54, 1.807) is 31.2 Å². The molecular weight excluding hydrogens is 360 g/mol. The number of benzene rings is 2. The first-order valence-electron chi connectivity index (χ1n) is 7.83. The van der Waals surface area contributed by atoms with Crippen molar-refractivity contribution >= 4 is 28.8 Å². The first-order valence-corrected chi connectivity index (χ1v) is 8.21. The van der Waals surface area contributed by atoms with Crippen LogP contribution in [-0.2, 0) is 4.74 Å². The molecule has 0 saturated heterocycles. The van der Waals surface area contributed by atoms with Crippen molar-refractivity contribution in [3.05, 3.63) is 74.9 Å². The maximum Gasteiger partial charge on any atom is 0.271 e. The molecule has 0 bridgehead atoms. The minimum atomic E-state index is -0.882. The monoisotopic (exact) mass is 374 g/mol. The molecule has 0 radical (unpaired) electrons. The molecule has 1 heterocycles. The van der Waals surface area contributed by atoms with E-state index in [9.17, 15) is 14.9 Å². The number of ketones is 1. The van der Waals surface area contributed by atoms with Gasteiger partial charge in [0.15, 0.2) is 0 Å². The number of hydrogen-bond donors (Lipinski definition) is 1. The summed E-state index contributed by atoms with van der Waals surface area (Å²) < 4.78 is 11.3. The highest BCUT2D eigenvalue weighted by atomic mass is 35.5. The normalized spacial score (nSPS) is 17.5. The van der Waals surface area contributed by atoms with Crippen LogP contribution in [0.25, 0.3) is 0 Å². The molecule has 2 aromatic carbocycles. The number of nitro groups is 1. The van der Waals surface area contributed by atoms with Gasteiger partial charge in [-0.05, 0) is 31.2 Å². The predicted molar refractivity (Wildman–Crippen MR) is 96.6 cm³/mol. The summed E-state index contributed by atoms with van der Waals surface area (Å²) in [5.74, 6) is 0.107. The number of nitrogens with one attached hydrogen (secondary N) is 1. The van der Waals surface area contributed by atoms with Gasteiger partial charge in [-0.1, -0.05) is 17.7 Å². The van der Waals surface area contributed by atoms with Crippen LogP contribution < -0.4 is 10.1 Å². The van der Waals surface area contributed by atoms with Gasteiger partial charge in [-0.25, -0.2) is 0 Å². The molecule has 1 aliphatic rings. The van der Waals surface area contributed by atoms with Gasteiger partial charge in [-0.2, -0.15) is 0 Å². The van der Waals surface area contributed by atoms with Crippen LogP contribution in [0.3, 0.4) is 0 Å². The predicted octanol–water partition coefficient (Wildman–Crippen LogP) is 4.18. The molecule has 1 aliphatic heterocycles. The summed E-state index contributed by atoms with van der Waals surface area (Å²) >= 11 is 5.97. The van der Waals surface area contributed by atoms with Crippen LogP contribution in [-0.4, -0.2) is 23.6 Å². The van der Waals surface area contributed by atoms with Crippen LogP contribution in [0.1, 0.15) is 17.3 Å². The van der Waals surface area contributed by atoms with E-state index < -0.39 is 11.2 Å². The number of carbonyl (C=O) groups is 1. The number of rotatable bonds is 5. The molecule has 1 N–H and O–H groups in total. The van der Waals surface area contributed by atoms with E-state index >= 15 is 0 Å². The van der Waals surface area contributed by atoms with Crippen molar-refractivity contribution in [1.29, 1.82) is 0 Å². The summed E-state index contributed by atoms with van der Waals surface area (Å²) in [6.45, 7) is 2.13. The maximum atomic E-state index is 12.8. The SMILES string of the molecule is CCO[C@H]1Oc2ccc(Cl)cc2C(=O)/C1=C/Nc1cccc([N+](=O)[O-])c1. The summed E-state index contributed by atoms with van der Waals surface area (Å²) in [7, 11) is 0. The Kier molecular flexibility index (Phi) is 5.20. The Morgan fingerprint density at radius 2 is 2.15 bits per heavy atom. The number of carbonyl (C=O) groups excluding carboxylic acids is 1. The summed E-state index contributed by atoms with van der Waals surface area (Å²) in [5.41, 5.74) is 0.985. The Balaban J connectivity index is 1.93. The number of Topliss-reactive ketones (excluding diaryl/α,β-unsaturated/α-hetero) is 1. The van der Waals surface area contributed by atoms with E-state index in [1.165, 1.54) is 24.4 Å². The minimum absolute atomic E-state index is 0.0573. The number of nitro benzene ring substituents is 1. The first kappa shape index (κ1) is 17.9. The van der Waals surface area contributed by atoms with Crippen LogP contribution in [0.4, 0.5) is 11.4 Å². The quantitative estimate of drug-likeness (QED) is 0.479. The smallest absolute Gasteiger partial charge is 0.271 e. The topological polar surface area (TPSA) is 90.7 Å². The third-order valence-electron chi connectivity index (χ3n) is 3.71. The number of halogens is 1. The zero-order valence-electron chi connectivity index (χ0n) is 13.8. The standard InChI is InChI=1S/C18H15ClN2O5/c1-2-25-18-15(10-20-12-4-3-5-13(9-12)21(23)24)17(22)14-8-11(19)6-7-16(14)26-18/h3-10,18,20H,2H2,1H3/b15-10-/t18-/m0/s1. The molecule has 26 heavy (non-hydrogen) atoms. The zero-order valence-corrected chi connectivity index (χ0v) is 14.5. The van der Waals surface area contributed by atoms with Gasteiger partial charge in [0.2, 0.25) is 12.1 Å². The largest absolute Gasteiger partial charge is 0.460 e. The Morgan fingerprint density at radius 3 is 2.88 bits per heavy atom. The molecule has 3 rings (SSSR count). The lowest BCUT2D eigenvalue weighted by atomic mass is 10.00. The van der Waals surface area contributed by atoms with Crippen LogP contribution in [0.2, 0.25) is 5.02 Å². The number of ether oxygens (including phenoxy) is 2. The van der Waals surface area contributed by atoms with Crippen molar-refractivity contribution in [2.75, 3.05) is 11.9 Å². The number of nitrogens with zero attached hydrogens (tertiary/aromatic N) is 1. The fourth-order valence-corrected chi connectivity index (χ4v) is 2.67. The molecule has 7 nitrogen and oxygen atoms in total. The summed E-state index contributed by atoms with van der Waals surface area (Å²) in [6, 6.07) is 10.7. The van der Waals surface area contributed by atoms with Gasteiger partial charge < -0.3 is 14.8 Å².